The lowest BCUT2D eigenvalue weighted by atomic mass is 10.1. The normalized spacial score (nSPS) is 10.5. The minimum absolute atomic E-state index is 0.247. The van der Waals surface area contributed by atoms with Gasteiger partial charge in [0.05, 0.1) is 0 Å². The largest absolute Gasteiger partial charge is 0.427 e. The van der Waals surface area contributed by atoms with Gasteiger partial charge in [-0.25, -0.2) is 0 Å². The van der Waals surface area contributed by atoms with Crippen molar-refractivity contribution in [1.29, 1.82) is 0 Å². The van der Waals surface area contributed by atoms with Gasteiger partial charge in [0.15, 0.2) is 0 Å². The molecule has 35 heavy (non-hydrogen) atoms. The number of benzene rings is 4. The highest BCUT2D eigenvalue weighted by molar-refractivity contribution is 7.99. The molecule has 4 aromatic rings. The van der Waals surface area contributed by atoms with Crippen LogP contribution < -0.4 is 9.47 Å². The fourth-order valence-corrected chi connectivity index (χ4v) is 4.25. The molecular formula is C30H26O4S. The Balaban J connectivity index is 1.21. The number of aryl methyl sites for hydroxylation is 2. The zero-order valence-electron chi connectivity index (χ0n) is 19.3. The monoisotopic (exact) mass is 482 g/mol. The average molecular weight is 483 g/mol. The summed E-state index contributed by atoms with van der Waals surface area (Å²) in [4.78, 5) is 26.3. The Bertz CT molecular complexity index is 1120. The van der Waals surface area contributed by atoms with Crippen molar-refractivity contribution in [1.82, 2.24) is 0 Å². The first-order valence-corrected chi connectivity index (χ1v) is 12.3. The van der Waals surface area contributed by atoms with Crippen LogP contribution in [0.5, 0.6) is 11.5 Å². The maximum Gasteiger partial charge on any atom is 0.311 e. The molecular weight excluding hydrogens is 456 g/mol. The quantitative estimate of drug-likeness (QED) is 0.181. The number of ether oxygens (including phenoxy) is 2. The number of hydrogen-bond acceptors (Lipinski definition) is 5. The molecule has 176 valence electrons. The van der Waals surface area contributed by atoms with Gasteiger partial charge in [-0.2, -0.15) is 0 Å². The maximum absolute atomic E-state index is 12.1. The second-order valence-electron chi connectivity index (χ2n) is 7.96. The number of carbonyl (C=O) groups excluding carboxylic acids is 2. The molecule has 0 spiro atoms. The number of carbonyl (C=O) groups is 2. The fourth-order valence-electron chi connectivity index (χ4n) is 3.43. The smallest absolute Gasteiger partial charge is 0.311 e. The lowest BCUT2D eigenvalue weighted by Gasteiger charge is -2.07. The van der Waals surface area contributed by atoms with Crippen LogP contribution in [0.1, 0.15) is 24.0 Å². The van der Waals surface area contributed by atoms with Crippen LogP contribution in [0, 0.1) is 0 Å². The highest BCUT2D eigenvalue weighted by Crippen LogP contribution is 2.30. The zero-order valence-corrected chi connectivity index (χ0v) is 20.1. The van der Waals surface area contributed by atoms with Crippen molar-refractivity contribution in [3.8, 4) is 11.5 Å². The molecule has 0 aliphatic heterocycles. The molecule has 4 rings (SSSR count). The first kappa shape index (κ1) is 24.3. The molecule has 0 saturated carbocycles. The molecule has 0 unspecified atom stereocenters. The van der Waals surface area contributed by atoms with Crippen molar-refractivity contribution >= 4 is 23.7 Å². The molecule has 0 bridgehead atoms. The molecule has 0 atom stereocenters. The average Bonchev–Trinajstić information content (AvgIpc) is 2.90. The van der Waals surface area contributed by atoms with Crippen LogP contribution in [0.2, 0.25) is 0 Å². The predicted molar refractivity (Wildman–Crippen MR) is 138 cm³/mol. The van der Waals surface area contributed by atoms with Gasteiger partial charge >= 0.3 is 11.9 Å². The zero-order chi connectivity index (χ0) is 24.3. The number of esters is 2. The molecule has 4 nitrogen and oxygen atoms in total. The Hall–Kier alpha value is -3.83. The summed E-state index contributed by atoms with van der Waals surface area (Å²) >= 11 is 1.58. The second-order valence-corrected chi connectivity index (χ2v) is 9.11. The van der Waals surface area contributed by atoms with Gasteiger partial charge in [0.2, 0.25) is 0 Å². The molecule has 0 radical (unpaired) electrons. The highest BCUT2D eigenvalue weighted by atomic mass is 32.2. The molecule has 5 heteroatoms. The Morgan fingerprint density at radius 3 is 1.26 bits per heavy atom. The topological polar surface area (TPSA) is 52.6 Å². The van der Waals surface area contributed by atoms with Crippen LogP contribution in [0.3, 0.4) is 0 Å². The Labute approximate surface area is 209 Å². The van der Waals surface area contributed by atoms with Crippen LogP contribution in [-0.2, 0) is 22.4 Å². The molecule has 0 aliphatic carbocycles. The van der Waals surface area contributed by atoms with Crippen molar-refractivity contribution in [2.24, 2.45) is 0 Å². The summed E-state index contributed by atoms with van der Waals surface area (Å²) in [6, 6.07) is 34.6. The molecule has 0 amide bonds. The van der Waals surface area contributed by atoms with E-state index in [-0.39, 0.29) is 11.9 Å². The van der Waals surface area contributed by atoms with E-state index in [0.717, 1.165) is 20.9 Å². The lowest BCUT2D eigenvalue weighted by Crippen LogP contribution is -2.09. The van der Waals surface area contributed by atoms with Crippen molar-refractivity contribution in [3.63, 3.8) is 0 Å². The van der Waals surface area contributed by atoms with E-state index in [1.807, 2.05) is 84.9 Å². The van der Waals surface area contributed by atoms with Gasteiger partial charge in [0.25, 0.3) is 0 Å². The predicted octanol–water partition coefficient (Wildman–Crippen LogP) is 6.91. The van der Waals surface area contributed by atoms with Gasteiger partial charge in [-0.1, -0.05) is 72.4 Å². The first-order valence-electron chi connectivity index (χ1n) is 11.5. The van der Waals surface area contributed by atoms with Gasteiger partial charge in [-0.05, 0) is 72.5 Å². The van der Waals surface area contributed by atoms with Crippen molar-refractivity contribution in [2.45, 2.75) is 35.5 Å². The van der Waals surface area contributed by atoms with Gasteiger partial charge in [-0.3, -0.25) is 9.59 Å². The Kier molecular flexibility index (Phi) is 8.74. The van der Waals surface area contributed by atoms with Gasteiger partial charge in [0, 0.05) is 22.6 Å². The third kappa shape index (κ3) is 8.16. The van der Waals surface area contributed by atoms with E-state index < -0.39 is 0 Å². The van der Waals surface area contributed by atoms with Crippen LogP contribution in [0.25, 0.3) is 0 Å². The van der Waals surface area contributed by atoms with Gasteiger partial charge in [-0.15, -0.1) is 0 Å². The maximum atomic E-state index is 12.1. The third-order valence-corrected chi connectivity index (χ3v) is 6.28. The van der Waals surface area contributed by atoms with Gasteiger partial charge in [0.1, 0.15) is 11.5 Å². The van der Waals surface area contributed by atoms with Crippen LogP contribution in [-0.4, -0.2) is 11.9 Å². The number of rotatable bonds is 10. The van der Waals surface area contributed by atoms with Crippen LogP contribution in [0.15, 0.2) is 119 Å². The van der Waals surface area contributed by atoms with E-state index in [1.54, 1.807) is 36.0 Å². The fraction of sp³-hybridized carbons (Fsp3) is 0.133. The van der Waals surface area contributed by atoms with E-state index >= 15 is 0 Å². The van der Waals surface area contributed by atoms with Crippen molar-refractivity contribution in [2.75, 3.05) is 0 Å². The summed E-state index contributed by atoms with van der Waals surface area (Å²) in [7, 11) is 0. The molecule has 0 fully saturated rings. The highest BCUT2D eigenvalue weighted by Gasteiger charge is 2.08. The van der Waals surface area contributed by atoms with Crippen LogP contribution >= 0.6 is 11.8 Å². The summed E-state index contributed by atoms with van der Waals surface area (Å²) < 4.78 is 10.9. The molecule has 0 aliphatic rings. The van der Waals surface area contributed by atoms with Gasteiger partial charge < -0.3 is 9.47 Å². The van der Waals surface area contributed by atoms with E-state index in [4.69, 9.17) is 9.47 Å². The van der Waals surface area contributed by atoms with E-state index in [9.17, 15) is 9.59 Å². The standard InChI is InChI=1S/C30H26O4S/c31-29(21-11-23-7-3-1-4-8-23)33-25-13-17-27(18-14-25)35-28-19-15-26(16-20-28)34-30(32)22-12-24-9-5-2-6-10-24/h1-10,13-20H,11-12,21-22H2. The molecule has 0 heterocycles. The summed E-state index contributed by atoms with van der Waals surface area (Å²) in [6.45, 7) is 0. The summed E-state index contributed by atoms with van der Waals surface area (Å²) in [5, 5.41) is 0. The SMILES string of the molecule is O=C(CCc1ccccc1)Oc1ccc(Sc2ccc(OC(=O)CCc3ccccc3)cc2)cc1. The minimum atomic E-state index is -0.247. The summed E-state index contributed by atoms with van der Waals surface area (Å²) in [5.41, 5.74) is 2.23. The Morgan fingerprint density at radius 1 is 0.514 bits per heavy atom. The van der Waals surface area contributed by atoms with E-state index in [0.29, 0.717) is 37.2 Å². The molecule has 4 aromatic carbocycles. The molecule has 0 saturated heterocycles. The third-order valence-electron chi connectivity index (χ3n) is 5.27. The first-order chi connectivity index (χ1) is 17.1. The van der Waals surface area contributed by atoms with Crippen molar-refractivity contribution in [3.05, 3.63) is 120 Å². The van der Waals surface area contributed by atoms with E-state index in [1.165, 1.54) is 0 Å². The summed E-state index contributed by atoms with van der Waals surface area (Å²) in [6.07, 6.45) is 1.99. The van der Waals surface area contributed by atoms with Crippen molar-refractivity contribution < 1.29 is 19.1 Å². The second kappa shape index (κ2) is 12.6. The molecule has 0 N–H and O–H groups in total. The van der Waals surface area contributed by atoms with E-state index in [2.05, 4.69) is 0 Å². The molecule has 0 aromatic heterocycles. The minimum Gasteiger partial charge on any atom is -0.427 e. The lowest BCUT2D eigenvalue weighted by molar-refractivity contribution is -0.135. The van der Waals surface area contributed by atoms with Crippen LogP contribution in [0.4, 0.5) is 0 Å². The number of hydrogen-bond donors (Lipinski definition) is 0. The summed E-state index contributed by atoms with van der Waals surface area (Å²) in [5.74, 6) is 0.571. The Morgan fingerprint density at radius 2 is 0.886 bits per heavy atom.